The molecule has 1 fully saturated rings. The van der Waals surface area contributed by atoms with Gasteiger partial charge in [0, 0.05) is 32.4 Å². The molecule has 1 aromatic heterocycles. The summed E-state index contributed by atoms with van der Waals surface area (Å²) in [5.74, 6) is 1.50. The maximum atomic E-state index is 12.1. The van der Waals surface area contributed by atoms with Gasteiger partial charge in [0.05, 0.1) is 6.61 Å². The fraction of sp³-hybridized carbons (Fsp3) is 0.476. The van der Waals surface area contributed by atoms with Crippen molar-refractivity contribution in [3.05, 3.63) is 48.2 Å². The summed E-state index contributed by atoms with van der Waals surface area (Å²) in [6.45, 7) is 0.551. The second-order valence-corrected chi connectivity index (χ2v) is 7.37. The molecule has 7 heteroatoms. The maximum Gasteiger partial charge on any atom is 0.246 e. The molecule has 7 nitrogen and oxygen atoms in total. The first kappa shape index (κ1) is 20.1. The topological polar surface area (TPSA) is 79.4 Å². The van der Waals surface area contributed by atoms with Gasteiger partial charge >= 0.3 is 0 Å². The van der Waals surface area contributed by atoms with Crippen LogP contribution in [-0.2, 0) is 16.1 Å². The van der Waals surface area contributed by atoms with E-state index in [1.54, 1.807) is 6.20 Å². The average Bonchev–Trinajstić information content (AvgIpc) is 2.70. The Balaban J connectivity index is 1.35. The standard InChI is InChI=1S/C21H29N5O2/c1-26(2)19-12-13-22-21(25-19)24-18-10-8-17(9-11-18)23-20(27)15-28-14-16-6-4-3-5-7-16/h3-7,12-13,17-18H,8-11,14-15H2,1-2H3,(H,23,27)(H,22,24,25). The molecule has 1 aromatic carbocycles. The van der Waals surface area contributed by atoms with Crippen molar-refractivity contribution in [3.63, 3.8) is 0 Å². The van der Waals surface area contributed by atoms with E-state index < -0.39 is 0 Å². The number of carbonyl (C=O) groups is 1. The minimum atomic E-state index is -0.0469. The Morgan fingerprint density at radius 2 is 1.82 bits per heavy atom. The number of hydrogen-bond donors (Lipinski definition) is 2. The fourth-order valence-electron chi connectivity index (χ4n) is 3.34. The lowest BCUT2D eigenvalue weighted by Crippen LogP contribution is -2.41. The predicted molar refractivity (Wildman–Crippen MR) is 110 cm³/mol. The highest BCUT2D eigenvalue weighted by atomic mass is 16.5. The van der Waals surface area contributed by atoms with E-state index >= 15 is 0 Å². The third-order valence-corrected chi connectivity index (χ3v) is 4.87. The molecule has 0 spiro atoms. The Bertz CT molecular complexity index is 745. The van der Waals surface area contributed by atoms with E-state index in [1.165, 1.54) is 0 Å². The number of ether oxygens (including phenoxy) is 1. The van der Waals surface area contributed by atoms with Gasteiger partial charge in [-0.3, -0.25) is 4.79 Å². The summed E-state index contributed by atoms with van der Waals surface area (Å²) < 4.78 is 5.51. The van der Waals surface area contributed by atoms with Crippen LogP contribution in [0.1, 0.15) is 31.2 Å². The van der Waals surface area contributed by atoms with E-state index in [1.807, 2.05) is 55.4 Å². The number of aromatic nitrogens is 2. The first-order chi connectivity index (χ1) is 13.6. The zero-order chi connectivity index (χ0) is 19.8. The zero-order valence-electron chi connectivity index (χ0n) is 16.6. The summed E-state index contributed by atoms with van der Waals surface area (Å²) in [5, 5.41) is 6.50. The van der Waals surface area contributed by atoms with Gasteiger partial charge in [0.25, 0.3) is 0 Å². The van der Waals surface area contributed by atoms with Crippen molar-refractivity contribution in [1.29, 1.82) is 0 Å². The number of carbonyl (C=O) groups excluding carboxylic acids is 1. The predicted octanol–water partition coefficient (Wildman–Crippen LogP) is 2.60. The maximum absolute atomic E-state index is 12.1. The van der Waals surface area contributed by atoms with Crippen molar-refractivity contribution in [3.8, 4) is 0 Å². The molecule has 1 saturated carbocycles. The molecule has 1 aliphatic carbocycles. The lowest BCUT2D eigenvalue weighted by Gasteiger charge is -2.29. The summed E-state index contributed by atoms with van der Waals surface area (Å²) in [7, 11) is 3.92. The van der Waals surface area contributed by atoms with Crippen molar-refractivity contribution < 1.29 is 9.53 Å². The Hall–Kier alpha value is -2.67. The van der Waals surface area contributed by atoms with Gasteiger partial charge in [0.2, 0.25) is 11.9 Å². The van der Waals surface area contributed by atoms with E-state index in [2.05, 4.69) is 20.6 Å². The number of benzene rings is 1. The van der Waals surface area contributed by atoms with Crippen LogP contribution in [0.2, 0.25) is 0 Å². The molecule has 0 unspecified atom stereocenters. The molecular weight excluding hydrogens is 354 g/mol. The molecule has 150 valence electrons. The van der Waals surface area contributed by atoms with E-state index in [-0.39, 0.29) is 18.6 Å². The Morgan fingerprint density at radius 3 is 2.54 bits per heavy atom. The second-order valence-electron chi connectivity index (χ2n) is 7.37. The lowest BCUT2D eigenvalue weighted by atomic mass is 9.91. The summed E-state index contributed by atoms with van der Waals surface area (Å²) in [5.41, 5.74) is 1.07. The highest BCUT2D eigenvalue weighted by Crippen LogP contribution is 2.21. The zero-order valence-corrected chi connectivity index (χ0v) is 16.6. The third kappa shape index (κ3) is 6.20. The molecule has 0 aliphatic heterocycles. The van der Waals surface area contributed by atoms with Crippen molar-refractivity contribution in [2.45, 2.75) is 44.4 Å². The molecule has 2 N–H and O–H groups in total. The molecule has 1 aliphatic rings. The van der Waals surface area contributed by atoms with Crippen LogP contribution in [-0.4, -0.2) is 48.7 Å². The van der Waals surface area contributed by atoms with Crippen molar-refractivity contribution in [2.75, 3.05) is 30.9 Å². The minimum Gasteiger partial charge on any atom is -0.367 e. The van der Waals surface area contributed by atoms with Crippen LogP contribution < -0.4 is 15.5 Å². The molecule has 1 amide bonds. The van der Waals surface area contributed by atoms with Crippen molar-refractivity contribution in [2.24, 2.45) is 0 Å². The molecule has 0 radical (unpaired) electrons. The van der Waals surface area contributed by atoms with Crippen molar-refractivity contribution >= 4 is 17.7 Å². The quantitative estimate of drug-likeness (QED) is 0.729. The summed E-state index contributed by atoms with van der Waals surface area (Å²) in [6.07, 6.45) is 5.60. The van der Waals surface area contributed by atoms with Crippen LogP contribution in [0, 0.1) is 0 Å². The first-order valence-electron chi connectivity index (χ1n) is 9.78. The number of nitrogens with zero attached hydrogens (tertiary/aromatic N) is 3. The van der Waals surface area contributed by atoms with Crippen molar-refractivity contribution in [1.82, 2.24) is 15.3 Å². The number of anilines is 2. The highest BCUT2D eigenvalue weighted by Gasteiger charge is 2.23. The van der Waals surface area contributed by atoms with Crippen LogP contribution in [0.4, 0.5) is 11.8 Å². The Morgan fingerprint density at radius 1 is 1.11 bits per heavy atom. The third-order valence-electron chi connectivity index (χ3n) is 4.87. The SMILES string of the molecule is CN(C)c1ccnc(NC2CCC(NC(=O)COCc3ccccc3)CC2)n1. The number of amides is 1. The fourth-order valence-corrected chi connectivity index (χ4v) is 3.34. The summed E-state index contributed by atoms with van der Waals surface area (Å²) in [6, 6.07) is 12.3. The van der Waals surface area contributed by atoms with E-state index in [0.717, 1.165) is 37.1 Å². The van der Waals surface area contributed by atoms with Gasteiger partial charge in [-0.25, -0.2) is 4.98 Å². The van der Waals surface area contributed by atoms with Crippen LogP contribution in [0.3, 0.4) is 0 Å². The normalized spacial score (nSPS) is 19.1. The largest absolute Gasteiger partial charge is 0.367 e. The Kier molecular flexibility index (Phi) is 7.19. The number of hydrogen-bond acceptors (Lipinski definition) is 6. The monoisotopic (exact) mass is 383 g/mol. The number of rotatable bonds is 8. The first-order valence-corrected chi connectivity index (χ1v) is 9.78. The van der Waals surface area contributed by atoms with Gasteiger partial charge in [0.15, 0.2) is 0 Å². The van der Waals surface area contributed by atoms with Crippen LogP contribution >= 0.6 is 0 Å². The molecular formula is C21H29N5O2. The highest BCUT2D eigenvalue weighted by molar-refractivity contribution is 5.77. The molecule has 0 atom stereocenters. The summed E-state index contributed by atoms with van der Waals surface area (Å²) >= 11 is 0. The van der Waals surface area contributed by atoms with Gasteiger partial charge in [-0.05, 0) is 37.3 Å². The molecule has 28 heavy (non-hydrogen) atoms. The minimum absolute atomic E-state index is 0.0469. The Labute approximate surface area is 166 Å². The molecule has 1 heterocycles. The van der Waals surface area contributed by atoms with Gasteiger partial charge in [0.1, 0.15) is 12.4 Å². The van der Waals surface area contributed by atoms with E-state index in [4.69, 9.17) is 4.74 Å². The van der Waals surface area contributed by atoms with Gasteiger partial charge in [-0.15, -0.1) is 0 Å². The molecule has 2 aromatic rings. The van der Waals surface area contributed by atoms with Gasteiger partial charge in [-0.1, -0.05) is 30.3 Å². The average molecular weight is 383 g/mol. The van der Waals surface area contributed by atoms with E-state index in [9.17, 15) is 4.79 Å². The second kappa shape index (κ2) is 10.0. The van der Waals surface area contributed by atoms with Gasteiger partial charge < -0.3 is 20.3 Å². The van der Waals surface area contributed by atoms with Crippen LogP contribution in [0.15, 0.2) is 42.6 Å². The lowest BCUT2D eigenvalue weighted by molar-refractivity contribution is -0.127. The molecule has 0 saturated heterocycles. The van der Waals surface area contributed by atoms with E-state index in [0.29, 0.717) is 18.6 Å². The van der Waals surface area contributed by atoms with Gasteiger partial charge in [-0.2, -0.15) is 4.98 Å². The van der Waals surface area contributed by atoms with Crippen LogP contribution in [0.25, 0.3) is 0 Å². The number of nitrogens with one attached hydrogen (secondary N) is 2. The van der Waals surface area contributed by atoms with Crippen LogP contribution in [0.5, 0.6) is 0 Å². The summed E-state index contributed by atoms with van der Waals surface area (Å²) in [4.78, 5) is 22.9. The molecule has 0 bridgehead atoms. The smallest absolute Gasteiger partial charge is 0.246 e. The molecule has 3 rings (SSSR count).